The zero-order valence-corrected chi connectivity index (χ0v) is 11.1. The average Bonchev–Trinajstić information content (AvgIpc) is 2.00. The summed E-state index contributed by atoms with van der Waals surface area (Å²) < 4.78 is 0. The summed E-state index contributed by atoms with van der Waals surface area (Å²) in [5.41, 5.74) is 5.23. The Morgan fingerprint density at radius 3 is 2.18 bits per heavy atom. The molecule has 0 aliphatic rings. The summed E-state index contributed by atoms with van der Waals surface area (Å²) >= 11 is 0. The van der Waals surface area contributed by atoms with Crippen molar-refractivity contribution in [2.45, 2.75) is 31.5 Å². The molecule has 1 atom stereocenters. The minimum absolute atomic E-state index is 0.946. The second-order valence-corrected chi connectivity index (χ2v) is 10.1. The first-order valence-electron chi connectivity index (χ1n) is 4.31. The highest BCUT2D eigenvalue weighted by Gasteiger charge is 2.18. The van der Waals surface area contributed by atoms with Gasteiger partial charge in [-0.2, -0.15) is 0 Å². The standard InChI is InChI=1S/C9H20Si2/c1-5-11(4,6-2)8-7-9(3)10/h5-6,9H,1-2,7-8H2,3-4,10H3. The molecule has 2 heteroatoms. The number of rotatable bonds is 5. The maximum absolute atomic E-state index is 3.88. The normalized spacial score (nSPS) is 14.4. The van der Waals surface area contributed by atoms with E-state index in [4.69, 9.17) is 0 Å². The minimum atomic E-state index is -1.21. The summed E-state index contributed by atoms with van der Waals surface area (Å²) in [4.78, 5) is 0. The fourth-order valence-corrected chi connectivity index (χ4v) is 3.53. The molecule has 1 unspecified atom stereocenters. The van der Waals surface area contributed by atoms with Crippen LogP contribution in [0.15, 0.2) is 24.6 Å². The van der Waals surface area contributed by atoms with Gasteiger partial charge in [0.15, 0.2) is 0 Å². The molecule has 0 aromatic carbocycles. The molecule has 0 rings (SSSR count). The molecule has 0 fully saturated rings. The lowest BCUT2D eigenvalue weighted by Gasteiger charge is -2.19. The van der Waals surface area contributed by atoms with Gasteiger partial charge in [-0.1, -0.05) is 42.9 Å². The fourth-order valence-electron chi connectivity index (χ4n) is 0.887. The molecule has 0 N–H and O–H groups in total. The van der Waals surface area contributed by atoms with Crippen LogP contribution in [0.1, 0.15) is 13.3 Å². The molecule has 0 aromatic heterocycles. The van der Waals surface area contributed by atoms with Gasteiger partial charge in [-0.25, -0.2) is 0 Å². The van der Waals surface area contributed by atoms with Crippen LogP contribution < -0.4 is 0 Å². The Labute approximate surface area is 74.8 Å². The van der Waals surface area contributed by atoms with E-state index in [1.807, 2.05) is 0 Å². The molecular formula is C9H20Si2. The van der Waals surface area contributed by atoms with Gasteiger partial charge in [0.25, 0.3) is 0 Å². The van der Waals surface area contributed by atoms with Crippen LogP contribution in [0.5, 0.6) is 0 Å². The highest BCUT2D eigenvalue weighted by Crippen LogP contribution is 2.19. The van der Waals surface area contributed by atoms with E-state index in [1.165, 1.54) is 22.7 Å². The Bertz CT molecular complexity index is 130. The smallest absolute Gasteiger partial charge is 0.0973 e. The van der Waals surface area contributed by atoms with Crippen molar-refractivity contribution in [1.29, 1.82) is 0 Å². The average molecular weight is 184 g/mol. The highest BCUT2D eigenvalue weighted by molar-refractivity contribution is 6.87. The quantitative estimate of drug-likeness (QED) is 0.574. The maximum atomic E-state index is 3.88. The molecule has 0 aliphatic carbocycles. The summed E-state index contributed by atoms with van der Waals surface area (Å²) in [6, 6.07) is 1.34. The van der Waals surface area contributed by atoms with Crippen molar-refractivity contribution >= 4 is 18.3 Å². The summed E-state index contributed by atoms with van der Waals surface area (Å²) in [5.74, 6) is 0. The van der Waals surface area contributed by atoms with Crippen molar-refractivity contribution in [2.75, 3.05) is 0 Å². The van der Waals surface area contributed by atoms with Crippen LogP contribution in [0, 0.1) is 0 Å². The van der Waals surface area contributed by atoms with Crippen molar-refractivity contribution in [3.63, 3.8) is 0 Å². The molecule has 0 heterocycles. The van der Waals surface area contributed by atoms with Crippen molar-refractivity contribution in [2.24, 2.45) is 0 Å². The predicted octanol–water partition coefficient (Wildman–Crippen LogP) is 2.08. The van der Waals surface area contributed by atoms with E-state index in [1.54, 1.807) is 0 Å². The Morgan fingerprint density at radius 2 is 1.91 bits per heavy atom. The van der Waals surface area contributed by atoms with Gasteiger partial charge in [0, 0.05) is 10.2 Å². The van der Waals surface area contributed by atoms with Gasteiger partial charge < -0.3 is 0 Å². The Hall–Kier alpha value is -0.0862. The molecule has 0 aromatic rings. The maximum Gasteiger partial charge on any atom is 0.0973 e. The summed E-state index contributed by atoms with van der Waals surface area (Å²) in [6.45, 7) is 12.4. The molecule has 64 valence electrons. The Kier molecular flexibility index (Phi) is 4.69. The zero-order chi connectivity index (χ0) is 8.91. The first-order chi connectivity index (χ1) is 5.04. The lowest BCUT2D eigenvalue weighted by Crippen LogP contribution is -2.24. The largest absolute Gasteiger partial charge is 0.107 e. The molecule has 0 aliphatic heterocycles. The Balaban J connectivity index is 3.88. The Morgan fingerprint density at radius 1 is 1.45 bits per heavy atom. The highest BCUT2D eigenvalue weighted by atomic mass is 28.3. The van der Waals surface area contributed by atoms with E-state index < -0.39 is 8.07 Å². The third-order valence-corrected chi connectivity index (χ3v) is 6.00. The van der Waals surface area contributed by atoms with Gasteiger partial charge in [0.05, 0.1) is 8.07 Å². The molecule has 0 radical (unpaired) electrons. The van der Waals surface area contributed by atoms with Crippen LogP contribution in [0.4, 0.5) is 0 Å². The van der Waals surface area contributed by atoms with E-state index in [2.05, 4.69) is 38.0 Å². The molecule has 0 spiro atoms. The molecule has 0 amide bonds. The van der Waals surface area contributed by atoms with Gasteiger partial charge in [-0.3, -0.25) is 0 Å². The third kappa shape index (κ3) is 4.37. The number of hydrogen-bond donors (Lipinski definition) is 0. The van der Waals surface area contributed by atoms with Crippen molar-refractivity contribution in [3.05, 3.63) is 24.6 Å². The van der Waals surface area contributed by atoms with E-state index in [0.717, 1.165) is 5.54 Å². The SMILES string of the molecule is C=C[Si](C)(C=C)CCC(C)[SiH3]. The van der Waals surface area contributed by atoms with Gasteiger partial charge in [-0.05, 0) is 0 Å². The lowest BCUT2D eigenvalue weighted by atomic mass is 10.4. The molecule has 0 bridgehead atoms. The summed E-state index contributed by atoms with van der Waals surface area (Å²) in [6.07, 6.45) is 1.37. The van der Waals surface area contributed by atoms with E-state index in [0.29, 0.717) is 0 Å². The fraction of sp³-hybridized carbons (Fsp3) is 0.556. The van der Waals surface area contributed by atoms with Crippen LogP contribution in [0.2, 0.25) is 18.1 Å². The first-order valence-corrected chi connectivity index (χ1v) is 8.33. The molecule has 0 saturated heterocycles. The predicted molar refractivity (Wildman–Crippen MR) is 60.8 cm³/mol. The van der Waals surface area contributed by atoms with Gasteiger partial charge in [0.2, 0.25) is 0 Å². The molecule has 11 heavy (non-hydrogen) atoms. The second kappa shape index (κ2) is 4.72. The van der Waals surface area contributed by atoms with Gasteiger partial charge >= 0.3 is 0 Å². The van der Waals surface area contributed by atoms with E-state index in [9.17, 15) is 0 Å². The minimum Gasteiger partial charge on any atom is -0.107 e. The molecular weight excluding hydrogens is 164 g/mol. The molecule has 0 saturated carbocycles. The van der Waals surface area contributed by atoms with Crippen molar-refractivity contribution in [1.82, 2.24) is 0 Å². The topological polar surface area (TPSA) is 0 Å². The van der Waals surface area contributed by atoms with E-state index in [-0.39, 0.29) is 0 Å². The van der Waals surface area contributed by atoms with E-state index >= 15 is 0 Å². The second-order valence-electron chi connectivity index (χ2n) is 3.85. The summed E-state index contributed by atoms with van der Waals surface area (Å²) in [7, 11) is 0.111. The lowest BCUT2D eigenvalue weighted by molar-refractivity contribution is 0.867. The van der Waals surface area contributed by atoms with Gasteiger partial charge in [0.1, 0.15) is 0 Å². The first kappa shape index (κ1) is 10.9. The molecule has 0 nitrogen and oxygen atoms in total. The van der Waals surface area contributed by atoms with Crippen LogP contribution in [-0.4, -0.2) is 18.3 Å². The van der Waals surface area contributed by atoms with Crippen molar-refractivity contribution < 1.29 is 0 Å². The van der Waals surface area contributed by atoms with Crippen LogP contribution in [-0.2, 0) is 0 Å². The van der Waals surface area contributed by atoms with Crippen LogP contribution in [0.3, 0.4) is 0 Å². The van der Waals surface area contributed by atoms with Crippen molar-refractivity contribution in [3.8, 4) is 0 Å². The number of hydrogen-bond acceptors (Lipinski definition) is 0. The van der Waals surface area contributed by atoms with Crippen LogP contribution in [0.25, 0.3) is 0 Å². The monoisotopic (exact) mass is 184 g/mol. The summed E-state index contributed by atoms with van der Waals surface area (Å²) in [5, 5.41) is 0. The zero-order valence-electron chi connectivity index (χ0n) is 8.06. The van der Waals surface area contributed by atoms with Crippen LogP contribution >= 0.6 is 0 Å². The third-order valence-electron chi connectivity index (χ3n) is 2.19. The van der Waals surface area contributed by atoms with Gasteiger partial charge in [-0.15, -0.1) is 13.2 Å².